The van der Waals surface area contributed by atoms with Gasteiger partial charge in [-0.2, -0.15) is 0 Å². The first kappa shape index (κ1) is 29.9. The lowest BCUT2D eigenvalue weighted by atomic mass is 10.1. The summed E-state index contributed by atoms with van der Waals surface area (Å²) in [4.78, 5) is 37.5. The maximum atomic E-state index is 14.6. The van der Waals surface area contributed by atoms with Gasteiger partial charge in [0, 0.05) is 33.1 Å². The predicted molar refractivity (Wildman–Crippen MR) is 132 cm³/mol. The summed E-state index contributed by atoms with van der Waals surface area (Å²) in [6.45, 7) is -0.206. The van der Waals surface area contributed by atoms with Crippen LogP contribution in [0.3, 0.4) is 0 Å². The first-order valence-corrected chi connectivity index (χ1v) is 14.6. The Labute approximate surface area is 223 Å². The van der Waals surface area contributed by atoms with Crippen LogP contribution in [0.15, 0.2) is 47.4 Å². The minimum absolute atomic E-state index is 0.0792. The van der Waals surface area contributed by atoms with E-state index in [1.54, 1.807) is 0 Å². The van der Waals surface area contributed by atoms with E-state index in [0.29, 0.717) is 12.1 Å². The molecule has 2 N–H and O–H groups in total. The summed E-state index contributed by atoms with van der Waals surface area (Å²) in [7, 11) is -6.15. The van der Waals surface area contributed by atoms with Gasteiger partial charge in [0.2, 0.25) is 0 Å². The van der Waals surface area contributed by atoms with Crippen molar-refractivity contribution in [3.63, 3.8) is 0 Å². The van der Waals surface area contributed by atoms with Crippen molar-refractivity contribution in [3.8, 4) is 5.75 Å². The fourth-order valence-corrected chi connectivity index (χ4v) is 6.69. The number of carboxylic acid groups (broad SMARTS) is 1. The predicted octanol–water partition coefficient (Wildman–Crippen LogP) is 0.625. The van der Waals surface area contributed by atoms with Crippen LogP contribution in [0.2, 0.25) is 0 Å². The van der Waals surface area contributed by atoms with Gasteiger partial charge in [-0.15, -0.1) is 0 Å². The number of nitrogens with one attached hydrogen (secondary N) is 1. The normalized spacial score (nSPS) is 17.6. The number of sulfonamides is 1. The molecule has 0 aliphatic carbocycles. The maximum Gasteiger partial charge on any atom is 0.414 e. The fourth-order valence-electron chi connectivity index (χ4n) is 3.71. The van der Waals surface area contributed by atoms with Gasteiger partial charge in [-0.3, -0.25) is 4.79 Å². The lowest BCUT2D eigenvalue weighted by Crippen LogP contribution is -2.59. The summed E-state index contributed by atoms with van der Waals surface area (Å²) in [6, 6.07) is 2.88. The number of nitrogens with zero attached hydrogens (tertiary/aromatic N) is 2. The first-order valence-electron chi connectivity index (χ1n) is 11.3. The molecule has 0 saturated carbocycles. The van der Waals surface area contributed by atoms with E-state index in [-0.39, 0.29) is 34.0 Å². The van der Waals surface area contributed by atoms with Crippen LogP contribution in [-0.2, 0) is 35.9 Å². The minimum Gasteiger partial charge on any atom is -0.480 e. The number of carbonyl (C=O) groups is 3. The van der Waals surface area contributed by atoms with Gasteiger partial charge in [0.1, 0.15) is 34.4 Å². The van der Waals surface area contributed by atoms with Gasteiger partial charge in [-0.25, -0.2) is 39.5 Å². The number of ether oxygens (including phenoxy) is 1. The fraction of sp³-hybridized carbons (Fsp3) is 0.348. The summed E-state index contributed by atoms with van der Waals surface area (Å²) < 4.78 is 84.4. The molecule has 1 unspecified atom stereocenters. The molecule has 0 radical (unpaired) electrons. The van der Waals surface area contributed by atoms with Crippen LogP contribution in [0, 0.1) is 11.6 Å². The molecular formula is C23H25F2N3O9S2. The van der Waals surface area contributed by atoms with Gasteiger partial charge in [-0.1, -0.05) is 12.1 Å². The van der Waals surface area contributed by atoms with Crippen molar-refractivity contribution in [3.05, 3.63) is 59.7 Å². The molecule has 1 saturated heterocycles. The Kier molecular flexibility index (Phi) is 8.92. The number of sulfone groups is 1. The molecule has 1 heterocycles. The van der Waals surface area contributed by atoms with Gasteiger partial charge in [0.25, 0.3) is 15.9 Å². The SMILES string of the molecule is CN(C)C(=O)Oc1ccc(C[C@@H](C(=O)O)N(C(=O)C2CS(=O)(=O)CCN2)S(=O)(=O)c2ccc(F)cc2F)cc1. The second-order valence-corrected chi connectivity index (χ2v) is 12.8. The second-order valence-electron chi connectivity index (χ2n) is 8.80. The molecule has 3 rings (SSSR count). The number of halogens is 2. The van der Waals surface area contributed by atoms with E-state index in [0.717, 1.165) is 4.90 Å². The molecular weight excluding hydrogens is 564 g/mol. The number of benzene rings is 2. The van der Waals surface area contributed by atoms with E-state index < -0.39 is 78.6 Å². The van der Waals surface area contributed by atoms with Crippen LogP contribution in [-0.4, -0.2) is 93.3 Å². The molecule has 1 aliphatic rings. The summed E-state index contributed by atoms with van der Waals surface area (Å²) in [5.74, 6) is -6.98. The molecule has 39 heavy (non-hydrogen) atoms. The van der Waals surface area contributed by atoms with E-state index in [4.69, 9.17) is 4.74 Å². The number of carbonyl (C=O) groups excluding carboxylic acids is 2. The van der Waals surface area contributed by atoms with E-state index in [2.05, 4.69) is 5.32 Å². The Bertz CT molecular complexity index is 1480. The zero-order valence-electron chi connectivity index (χ0n) is 20.7. The Morgan fingerprint density at radius 3 is 2.31 bits per heavy atom. The quantitative estimate of drug-likeness (QED) is 0.446. The van der Waals surface area contributed by atoms with E-state index >= 15 is 0 Å². The lowest BCUT2D eigenvalue weighted by molar-refractivity contribution is -0.146. The average Bonchev–Trinajstić information content (AvgIpc) is 2.83. The van der Waals surface area contributed by atoms with E-state index in [1.165, 1.54) is 38.4 Å². The smallest absolute Gasteiger partial charge is 0.414 e. The molecule has 16 heteroatoms. The van der Waals surface area contributed by atoms with Crippen LogP contribution in [0.5, 0.6) is 5.75 Å². The molecule has 1 aliphatic heterocycles. The van der Waals surface area contributed by atoms with Gasteiger partial charge in [0.15, 0.2) is 9.84 Å². The number of amides is 2. The van der Waals surface area contributed by atoms with Gasteiger partial charge < -0.3 is 20.1 Å². The van der Waals surface area contributed by atoms with Gasteiger partial charge in [0.05, 0.1) is 11.5 Å². The molecule has 2 aromatic rings. The van der Waals surface area contributed by atoms with E-state index in [9.17, 15) is 45.1 Å². The van der Waals surface area contributed by atoms with Crippen molar-refractivity contribution >= 4 is 37.8 Å². The van der Waals surface area contributed by atoms with Crippen LogP contribution < -0.4 is 10.1 Å². The van der Waals surface area contributed by atoms with Crippen molar-refractivity contribution in [2.24, 2.45) is 0 Å². The third kappa shape index (κ3) is 7.07. The topological polar surface area (TPSA) is 167 Å². The third-order valence-electron chi connectivity index (χ3n) is 5.66. The summed E-state index contributed by atoms with van der Waals surface area (Å²) >= 11 is 0. The molecule has 2 aromatic carbocycles. The van der Waals surface area contributed by atoms with Crippen molar-refractivity contribution in [2.75, 3.05) is 32.1 Å². The van der Waals surface area contributed by atoms with Crippen molar-refractivity contribution < 1.29 is 49.8 Å². The highest BCUT2D eigenvalue weighted by molar-refractivity contribution is 7.91. The molecule has 2 amide bonds. The largest absolute Gasteiger partial charge is 0.480 e. The van der Waals surface area contributed by atoms with Crippen molar-refractivity contribution in [2.45, 2.75) is 23.4 Å². The van der Waals surface area contributed by atoms with Crippen LogP contribution in [0.25, 0.3) is 0 Å². The van der Waals surface area contributed by atoms with E-state index in [1.807, 2.05) is 0 Å². The number of hydrogen-bond donors (Lipinski definition) is 2. The lowest BCUT2D eigenvalue weighted by Gasteiger charge is -2.33. The number of carboxylic acids is 1. The summed E-state index contributed by atoms with van der Waals surface area (Å²) in [6.07, 6.45) is -1.31. The molecule has 0 bridgehead atoms. The molecule has 2 atom stereocenters. The molecule has 1 fully saturated rings. The average molecular weight is 590 g/mol. The number of aliphatic carboxylic acids is 1. The number of hydrogen-bond acceptors (Lipinski definition) is 9. The Balaban J connectivity index is 2.05. The second kappa shape index (κ2) is 11.6. The van der Waals surface area contributed by atoms with Crippen LogP contribution >= 0.6 is 0 Å². The zero-order chi connectivity index (χ0) is 29.1. The molecule has 0 spiro atoms. The Hall–Kier alpha value is -3.63. The molecule has 0 aromatic heterocycles. The molecule has 12 nitrogen and oxygen atoms in total. The summed E-state index contributed by atoms with van der Waals surface area (Å²) in [5.41, 5.74) is 0.184. The third-order valence-corrected chi connectivity index (χ3v) is 9.17. The first-order chi connectivity index (χ1) is 18.1. The van der Waals surface area contributed by atoms with Crippen LogP contribution in [0.1, 0.15) is 5.56 Å². The van der Waals surface area contributed by atoms with Gasteiger partial charge >= 0.3 is 12.1 Å². The monoisotopic (exact) mass is 589 g/mol. The van der Waals surface area contributed by atoms with Crippen LogP contribution in [0.4, 0.5) is 13.6 Å². The maximum absolute atomic E-state index is 14.6. The minimum atomic E-state index is -5.28. The number of rotatable bonds is 8. The summed E-state index contributed by atoms with van der Waals surface area (Å²) in [5, 5.41) is 12.5. The van der Waals surface area contributed by atoms with Crippen molar-refractivity contribution in [1.82, 2.24) is 14.5 Å². The van der Waals surface area contributed by atoms with Gasteiger partial charge in [-0.05, 0) is 29.8 Å². The molecule has 212 valence electrons. The van der Waals surface area contributed by atoms with Crippen molar-refractivity contribution in [1.29, 1.82) is 0 Å². The Morgan fingerprint density at radius 1 is 1.13 bits per heavy atom. The highest BCUT2D eigenvalue weighted by atomic mass is 32.2. The Morgan fingerprint density at radius 2 is 1.77 bits per heavy atom. The standard InChI is InChI=1S/C23H25F2N3O9S2/c1-27(2)23(32)37-16-6-3-14(4-7-16)11-19(22(30)31)28(21(29)18-13-38(33,34)10-9-26-18)39(35,36)20-8-5-15(24)12-17(20)25/h3-8,12,18-19,26H,9-11,13H2,1-2H3,(H,30,31)/t18?,19-/m0/s1. The zero-order valence-corrected chi connectivity index (χ0v) is 22.3. The highest BCUT2D eigenvalue weighted by Gasteiger charge is 2.45. The highest BCUT2D eigenvalue weighted by Crippen LogP contribution is 2.26.